The standard InChI is InChI=1S/C11H18N2O4S2/c1-5-18(14,15)9-7-6-8-12-10(9)19(16,17)13-11(2,3)4/h6-8,13H,5H2,1-4H3. The summed E-state index contributed by atoms with van der Waals surface area (Å²) < 4.78 is 50.6. The fourth-order valence-electron chi connectivity index (χ4n) is 1.42. The molecule has 0 unspecified atom stereocenters. The highest BCUT2D eigenvalue weighted by Crippen LogP contribution is 2.20. The van der Waals surface area contributed by atoms with E-state index in [1.807, 2.05) is 0 Å². The number of sulfonamides is 1. The van der Waals surface area contributed by atoms with E-state index in [2.05, 4.69) is 9.71 Å². The second-order valence-electron chi connectivity index (χ2n) is 5.07. The smallest absolute Gasteiger partial charge is 0.242 e. The molecule has 0 spiro atoms. The second kappa shape index (κ2) is 5.18. The first-order valence-electron chi connectivity index (χ1n) is 5.71. The number of aromatic nitrogens is 1. The van der Waals surface area contributed by atoms with Crippen molar-refractivity contribution in [3.05, 3.63) is 18.3 Å². The van der Waals surface area contributed by atoms with Gasteiger partial charge in [0.25, 0.3) is 10.0 Å². The molecule has 0 aliphatic carbocycles. The van der Waals surface area contributed by atoms with Crippen LogP contribution in [-0.2, 0) is 19.9 Å². The van der Waals surface area contributed by atoms with Crippen molar-refractivity contribution in [2.24, 2.45) is 0 Å². The Kier molecular flexibility index (Phi) is 4.38. The lowest BCUT2D eigenvalue weighted by Crippen LogP contribution is -2.41. The molecule has 0 atom stereocenters. The van der Waals surface area contributed by atoms with Crippen LogP contribution < -0.4 is 4.72 Å². The molecule has 1 rings (SSSR count). The van der Waals surface area contributed by atoms with Gasteiger partial charge in [0.1, 0.15) is 4.90 Å². The van der Waals surface area contributed by atoms with Crippen LogP contribution in [0.5, 0.6) is 0 Å². The van der Waals surface area contributed by atoms with Crippen LogP contribution in [0.1, 0.15) is 27.7 Å². The molecule has 0 amide bonds. The van der Waals surface area contributed by atoms with E-state index in [-0.39, 0.29) is 10.6 Å². The van der Waals surface area contributed by atoms with Gasteiger partial charge in [-0.1, -0.05) is 6.92 Å². The fraction of sp³-hybridized carbons (Fsp3) is 0.545. The summed E-state index contributed by atoms with van der Waals surface area (Å²) in [5, 5.41) is -0.452. The quantitative estimate of drug-likeness (QED) is 0.894. The Hall–Kier alpha value is -0.990. The maximum absolute atomic E-state index is 12.2. The van der Waals surface area contributed by atoms with E-state index in [0.717, 1.165) is 0 Å². The summed E-state index contributed by atoms with van der Waals surface area (Å²) in [6.07, 6.45) is 1.26. The van der Waals surface area contributed by atoms with E-state index < -0.39 is 30.4 Å². The lowest BCUT2D eigenvalue weighted by atomic mass is 10.1. The molecule has 1 aromatic rings. The minimum atomic E-state index is -3.98. The van der Waals surface area contributed by atoms with Crippen LogP contribution in [0.3, 0.4) is 0 Å². The van der Waals surface area contributed by atoms with Crippen molar-refractivity contribution in [3.63, 3.8) is 0 Å². The number of pyridine rings is 1. The zero-order chi connectivity index (χ0) is 14.9. The van der Waals surface area contributed by atoms with Gasteiger partial charge in [-0.2, -0.15) is 0 Å². The van der Waals surface area contributed by atoms with Crippen LogP contribution in [-0.4, -0.2) is 33.1 Å². The lowest BCUT2D eigenvalue weighted by molar-refractivity contribution is 0.487. The first kappa shape index (κ1) is 16.1. The maximum atomic E-state index is 12.2. The number of rotatable bonds is 4. The van der Waals surface area contributed by atoms with Crippen molar-refractivity contribution in [1.29, 1.82) is 0 Å². The van der Waals surface area contributed by atoms with Crippen molar-refractivity contribution in [3.8, 4) is 0 Å². The van der Waals surface area contributed by atoms with Gasteiger partial charge in [0.05, 0.1) is 5.75 Å². The normalized spacial score (nSPS) is 13.5. The Bertz CT molecular complexity index is 658. The highest BCUT2D eigenvalue weighted by atomic mass is 32.2. The van der Waals surface area contributed by atoms with Crippen molar-refractivity contribution in [2.45, 2.75) is 43.2 Å². The van der Waals surface area contributed by atoms with Gasteiger partial charge in [-0.15, -0.1) is 0 Å². The minimum absolute atomic E-state index is 0.184. The molecule has 8 heteroatoms. The van der Waals surface area contributed by atoms with E-state index >= 15 is 0 Å². The second-order valence-corrected chi connectivity index (χ2v) is 8.91. The lowest BCUT2D eigenvalue weighted by Gasteiger charge is -2.20. The summed E-state index contributed by atoms with van der Waals surface area (Å²) in [7, 11) is -7.63. The maximum Gasteiger partial charge on any atom is 0.259 e. The largest absolute Gasteiger partial charge is 0.259 e. The van der Waals surface area contributed by atoms with Crippen molar-refractivity contribution in [1.82, 2.24) is 9.71 Å². The molecule has 6 nitrogen and oxygen atoms in total. The molecule has 1 heterocycles. The van der Waals surface area contributed by atoms with Gasteiger partial charge in [-0.3, -0.25) is 0 Å². The summed E-state index contributed by atoms with van der Waals surface area (Å²) in [6, 6.07) is 2.65. The molecule has 0 saturated carbocycles. The average molecular weight is 306 g/mol. The van der Waals surface area contributed by atoms with E-state index in [9.17, 15) is 16.8 Å². The molecule has 0 aliphatic heterocycles. The fourth-order valence-corrected chi connectivity index (χ4v) is 4.48. The molecule has 19 heavy (non-hydrogen) atoms. The van der Waals surface area contributed by atoms with Crippen LogP contribution in [0, 0.1) is 0 Å². The van der Waals surface area contributed by atoms with Crippen LogP contribution >= 0.6 is 0 Å². The summed E-state index contributed by atoms with van der Waals surface area (Å²) >= 11 is 0. The van der Waals surface area contributed by atoms with E-state index in [4.69, 9.17) is 0 Å². The summed E-state index contributed by atoms with van der Waals surface area (Å²) in [4.78, 5) is 3.45. The van der Waals surface area contributed by atoms with Gasteiger partial charge in [-0.25, -0.2) is 26.5 Å². The summed E-state index contributed by atoms with van der Waals surface area (Å²) in [5.41, 5.74) is -0.719. The predicted molar refractivity (Wildman–Crippen MR) is 72.0 cm³/mol. The monoisotopic (exact) mass is 306 g/mol. The van der Waals surface area contributed by atoms with E-state index in [1.165, 1.54) is 25.3 Å². The molecule has 0 saturated heterocycles. The first-order chi connectivity index (χ1) is 8.49. The number of nitrogens with one attached hydrogen (secondary N) is 1. The minimum Gasteiger partial charge on any atom is -0.242 e. The molecule has 108 valence electrons. The topological polar surface area (TPSA) is 93.2 Å². The van der Waals surface area contributed by atoms with Crippen LogP contribution in [0.15, 0.2) is 28.3 Å². The van der Waals surface area contributed by atoms with Crippen LogP contribution in [0.4, 0.5) is 0 Å². The van der Waals surface area contributed by atoms with E-state index in [1.54, 1.807) is 20.8 Å². The summed E-state index contributed by atoms with van der Waals surface area (Å²) in [5.74, 6) is -0.184. The highest BCUT2D eigenvalue weighted by Gasteiger charge is 2.29. The Balaban J connectivity index is 3.46. The zero-order valence-electron chi connectivity index (χ0n) is 11.3. The summed E-state index contributed by atoms with van der Waals surface area (Å²) in [6.45, 7) is 6.46. The Morgan fingerprint density at radius 3 is 2.26 bits per heavy atom. The number of hydrogen-bond donors (Lipinski definition) is 1. The van der Waals surface area contributed by atoms with Crippen molar-refractivity contribution < 1.29 is 16.8 Å². The van der Waals surface area contributed by atoms with Gasteiger partial charge in [-0.05, 0) is 32.9 Å². The third-order valence-corrected chi connectivity index (χ3v) is 5.75. The van der Waals surface area contributed by atoms with Gasteiger partial charge in [0.15, 0.2) is 14.9 Å². The number of nitrogens with zero attached hydrogens (tertiary/aromatic N) is 1. The van der Waals surface area contributed by atoms with Crippen LogP contribution in [0.25, 0.3) is 0 Å². The van der Waals surface area contributed by atoms with Gasteiger partial charge < -0.3 is 0 Å². The van der Waals surface area contributed by atoms with Crippen molar-refractivity contribution in [2.75, 3.05) is 5.75 Å². The molecule has 1 N–H and O–H groups in total. The van der Waals surface area contributed by atoms with Crippen LogP contribution in [0.2, 0.25) is 0 Å². The van der Waals surface area contributed by atoms with Gasteiger partial charge >= 0.3 is 0 Å². The molecule has 0 bridgehead atoms. The van der Waals surface area contributed by atoms with Gasteiger partial charge in [0.2, 0.25) is 0 Å². The third kappa shape index (κ3) is 3.99. The molecular formula is C11H18N2O4S2. The molecular weight excluding hydrogens is 288 g/mol. The SMILES string of the molecule is CCS(=O)(=O)c1cccnc1S(=O)(=O)NC(C)(C)C. The Morgan fingerprint density at radius 2 is 1.79 bits per heavy atom. The Morgan fingerprint density at radius 1 is 1.21 bits per heavy atom. The molecule has 0 radical (unpaired) electrons. The number of hydrogen-bond acceptors (Lipinski definition) is 5. The molecule has 0 aromatic carbocycles. The Labute approximate surface area is 114 Å². The third-order valence-electron chi connectivity index (χ3n) is 2.15. The predicted octanol–water partition coefficient (Wildman–Crippen LogP) is 0.952. The number of sulfone groups is 1. The zero-order valence-corrected chi connectivity index (χ0v) is 13.0. The molecule has 1 aromatic heterocycles. The molecule has 0 fully saturated rings. The van der Waals surface area contributed by atoms with Gasteiger partial charge in [0, 0.05) is 11.7 Å². The average Bonchev–Trinajstić information content (AvgIpc) is 2.26. The van der Waals surface area contributed by atoms with E-state index in [0.29, 0.717) is 0 Å². The molecule has 0 aliphatic rings. The van der Waals surface area contributed by atoms with Crippen molar-refractivity contribution >= 4 is 19.9 Å². The first-order valence-corrected chi connectivity index (χ1v) is 8.85. The highest BCUT2D eigenvalue weighted by molar-refractivity contribution is 7.93.